The third-order valence-electron chi connectivity index (χ3n) is 3.60. The SMILES string of the molecule is CCCCC(NC(C)=O)C1CC[C@@H](N=C(N)N)C1. The van der Waals surface area contributed by atoms with Crippen LogP contribution in [0.2, 0.25) is 0 Å². The summed E-state index contributed by atoms with van der Waals surface area (Å²) in [7, 11) is 0. The number of aliphatic imine (C=N–C) groups is 1. The van der Waals surface area contributed by atoms with Crippen LogP contribution >= 0.6 is 0 Å². The van der Waals surface area contributed by atoms with E-state index in [2.05, 4.69) is 17.2 Å². The molecule has 5 N–H and O–H groups in total. The zero-order valence-electron chi connectivity index (χ0n) is 11.5. The number of amides is 1. The molecule has 104 valence electrons. The maximum Gasteiger partial charge on any atom is 0.217 e. The van der Waals surface area contributed by atoms with Crippen molar-refractivity contribution in [2.45, 2.75) is 64.5 Å². The Balaban J connectivity index is 2.53. The topological polar surface area (TPSA) is 93.5 Å². The smallest absolute Gasteiger partial charge is 0.217 e. The highest BCUT2D eigenvalue weighted by atomic mass is 16.1. The van der Waals surface area contributed by atoms with Crippen LogP contribution in [-0.4, -0.2) is 24.0 Å². The van der Waals surface area contributed by atoms with E-state index in [9.17, 15) is 4.79 Å². The lowest BCUT2D eigenvalue weighted by Crippen LogP contribution is -2.38. The molecule has 1 aliphatic rings. The molecule has 1 rings (SSSR count). The number of unbranched alkanes of at least 4 members (excludes halogenated alkanes) is 1. The molecule has 2 unspecified atom stereocenters. The van der Waals surface area contributed by atoms with Gasteiger partial charge in [-0.15, -0.1) is 0 Å². The zero-order valence-corrected chi connectivity index (χ0v) is 11.5. The summed E-state index contributed by atoms with van der Waals surface area (Å²) in [5, 5.41) is 3.08. The summed E-state index contributed by atoms with van der Waals surface area (Å²) in [5.41, 5.74) is 10.8. The predicted octanol–water partition coefficient (Wildman–Crippen LogP) is 1.12. The Morgan fingerprint density at radius 3 is 2.72 bits per heavy atom. The van der Waals surface area contributed by atoms with Crippen LogP contribution in [0.25, 0.3) is 0 Å². The summed E-state index contributed by atoms with van der Waals surface area (Å²) in [6.07, 6.45) is 6.44. The number of guanidine groups is 1. The van der Waals surface area contributed by atoms with Gasteiger partial charge in [-0.25, -0.2) is 0 Å². The first-order chi connectivity index (χ1) is 8.52. The molecule has 3 atom stereocenters. The van der Waals surface area contributed by atoms with Gasteiger partial charge in [-0.05, 0) is 31.6 Å². The normalized spacial score (nSPS) is 24.6. The molecule has 0 saturated heterocycles. The molecule has 0 heterocycles. The number of rotatable bonds is 6. The van der Waals surface area contributed by atoms with E-state index in [1.54, 1.807) is 6.92 Å². The van der Waals surface area contributed by atoms with E-state index in [1.807, 2.05) is 0 Å². The molecule has 1 aliphatic carbocycles. The molecule has 1 amide bonds. The quantitative estimate of drug-likeness (QED) is 0.490. The largest absolute Gasteiger partial charge is 0.370 e. The summed E-state index contributed by atoms with van der Waals surface area (Å²) in [6, 6.07) is 0.513. The van der Waals surface area contributed by atoms with E-state index in [-0.39, 0.29) is 24.0 Å². The molecular formula is C13H26N4O. The molecular weight excluding hydrogens is 228 g/mol. The Morgan fingerprint density at radius 2 is 2.17 bits per heavy atom. The lowest BCUT2D eigenvalue weighted by atomic mass is 9.93. The van der Waals surface area contributed by atoms with Gasteiger partial charge in [0.05, 0.1) is 6.04 Å². The number of hydrogen-bond acceptors (Lipinski definition) is 2. The Bertz CT molecular complexity index is 299. The Labute approximate surface area is 109 Å². The van der Waals surface area contributed by atoms with E-state index >= 15 is 0 Å². The number of nitrogens with zero attached hydrogens (tertiary/aromatic N) is 1. The van der Waals surface area contributed by atoms with E-state index in [0.717, 1.165) is 38.5 Å². The summed E-state index contributed by atoms with van der Waals surface area (Å²) in [4.78, 5) is 15.5. The molecule has 0 bridgehead atoms. The van der Waals surface area contributed by atoms with E-state index in [4.69, 9.17) is 11.5 Å². The summed E-state index contributed by atoms with van der Waals surface area (Å²) in [5.74, 6) is 0.736. The molecule has 1 fully saturated rings. The number of nitrogens with two attached hydrogens (primary N) is 2. The van der Waals surface area contributed by atoms with Crippen LogP contribution in [0, 0.1) is 5.92 Å². The maximum atomic E-state index is 11.3. The summed E-state index contributed by atoms with van der Waals surface area (Å²) < 4.78 is 0. The average Bonchev–Trinajstić information content (AvgIpc) is 2.71. The minimum atomic E-state index is 0.0568. The van der Waals surface area contributed by atoms with Crippen LogP contribution in [0.1, 0.15) is 52.4 Å². The van der Waals surface area contributed by atoms with E-state index in [1.165, 1.54) is 0 Å². The second kappa shape index (κ2) is 7.24. The van der Waals surface area contributed by atoms with Gasteiger partial charge >= 0.3 is 0 Å². The highest BCUT2D eigenvalue weighted by molar-refractivity contribution is 5.75. The van der Waals surface area contributed by atoms with Gasteiger partial charge in [-0.2, -0.15) is 0 Å². The highest BCUT2D eigenvalue weighted by Crippen LogP contribution is 2.32. The van der Waals surface area contributed by atoms with Crippen molar-refractivity contribution in [3.8, 4) is 0 Å². The second-order valence-electron chi connectivity index (χ2n) is 5.23. The number of carbonyl (C=O) groups excluding carboxylic acids is 1. The van der Waals surface area contributed by atoms with Gasteiger partial charge in [0.1, 0.15) is 0 Å². The first kappa shape index (κ1) is 14.8. The van der Waals surface area contributed by atoms with Gasteiger partial charge in [0, 0.05) is 13.0 Å². The van der Waals surface area contributed by atoms with Crippen molar-refractivity contribution in [1.82, 2.24) is 5.32 Å². The average molecular weight is 254 g/mol. The Kier molecular flexibility index (Phi) is 5.95. The van der Waals surface area contributed by atoms with Crippen molar-refractivity contribution in [3.05, 3.63) is 0 Å². The van der Waals surface area contributed by atoms with Crippen LogP contribution in [0.15, 0.2) is 4.99 Å². The molecule has 5 heteroatoms. The molecule has 1 saturated carbocycles. The van der Waals surface area contributed by atoms with Crippen LogP contribution in [0.5, 0.6) is 0 Å². The second-order valence-corrected chi connectivity index (χ2v) is 5.23. The summed E-state index contributed by atoms with van der Waals surface area (Å²) in [6.45, 7) is 3.75. The molecule has 5 nitrogen and oxygen atoms in total. The Morgan fingerprint density at radius 1 is 1.44 bits per heavy atom. The third kappa shape index (κ3) is 4.94. The minimum Gasteiger partial charge on any atom is -0.370 e. The highest BCUT2D eigenvalue weighted by Gasteiger charge is 2.30. The monoisotopic (exact) mass is 254 g/mol. The van der Waals surface area contributed by atoms with Crippen LogP contribution in [0.3, 0.4) is 0 Å². The molecule has 0 aromatic rings. The third-order valence-corrected chi connectivity index (χ3v) is 3.60. The van der Waals surface area contributed by atoms with Gasteiger partial charge in [-0.1, -0.05) is 19.8 Å². The molecule has 0 aromatic heterocycles. The zero-order chi connectivity index (χ0) is 13.5. The number of carbonyl (C=O) groups is 1. The molecule has 0 aromatic carbocycles. The fourth-order valence-corrected chi connectivity index (χ4v) is 2.80. The van der Waals surface area contributed by atoms with Crippen LogP contribution in [0.4, 0.5) is 0 Å². The molecule has 0 aliphatic heterocycles. The minimum absolute atomic E-state index is 0.0568. The first-order valence-corrected chi connectivity index (χ1v) is 6.88. The predicted molar refractivity (Wildman–Crippen MR) is 74.1 cm³/mol. The molecule has 0 spiro atoms. The van der Waals surface area contributed by atoms with Crippen molar-refractivity contribution < 1.29 is 4.79 Å². The van der Waals surface area contributed by atoms with Gasteiger partial charge in [0.15, 0.2) is 5.96 Å². The lowest BCUT2D eigenvalue weighted by Gasteiger charge is -2.24. The summed E-state index contributed by atoms with van der Waals surface area (Å²) >= 11 is 0. The van der Waals surface area contributed by atoms with Crippen molar-refractivity contribution in [2.75, 3.05) is 0 Å². The van der Waals surface area contributed by atoms with Crippen LogP contribution in [-0.2, 0) is 4.79 Å². The van der Waals surface area contributed by atoms with Crippen molar-refractivity contribution in [1.29, 1.82) is 0 Å². The maximum absolute atomic E-state index is 11.3. The molecule has 18 heavy (non-hydrogen) atoms. The van der Waals surface area contributed by atoms with E-state index < -0.39 is 0 Å². The van der Waals surface area contributed by atoms with E-state index in [0.29, 0.717) is 5.92 Å². The van der Waals surface area contributed by atoms with Gasteiger partial charge < -0.3 is 16.8 Å². The first-order valence-electron chi connectivity index (χ1n) is 6.88. The van der Waals surface area contributed by atoms with Gasteiger partial charge in [0.25, 0.3) is 0 Å². The van der Waals surface area contributed by atoms with Gasteiger partial charge in [-0.3, -0.25) is 9.79 Å². The fraction of sp³-hybridized carbons (Fsp3) is 0.846. The number of hydrogen-bond donors (Lipinski definition) is 3. The van der Waals surface area contributed by atoms with Crippen molar-refractivity contribution in [2.24, 2.45) is 22.4 Å². The lowest BCUT2D eigenvalue weighted by molar-refractivity contribution is -0.120. The van der Waals surface area contributed by atoms with Crippen molar-refractivity contribution >= 4 is 11.9 Å². The Hall–Kier alpha value is -1.26. The van der Waals surface area contributed by atoms with Crippen LogP contribution < -0.4 is 16.8 Å². The fourth-order valence-electron chi connectivity index (χ4n) is 2.80. The molecule has 0 radical (unpaired) electrons. The van der Waals surface area contributed by atoms with Gasteiger partial charge in [0.2, 0.25) is 5.91 Å². The standard InChI is InChI=1S/C13H26N4O/c1-3-4-5-12(16-9(2)18)10-6-7-11(8-10)17-13(14)15/h10-12H,3-8H2,1-2H3,(H,16,18)(H4,14,15,17)/t10?,11-,12?/m1/s1. The van der Waals surface area contributed by atoms with Crippen molar-refractivity contribution in [3.63, 3.8) is 0 Å². The number of nitrogens with one attached hydrogen (secondary N) is 1.